The van der Waals surface area contributed by atoms with Gasteiger partial charge in [0.2, 0.25) is 5.91 Å². The molecule has 4 nitrogen and oxygen atoms in total. The molecule has 1 aromatic carbocycles. The Labute approximate surface area is 156 Å². The molecule has 0 saturated heterocycles. The van der Waals surface area contributed by atoms with Crippen LogP contribution in [0, 0.1) is 17.2 Å². The zero-order valence-corrected chi connectivity index (χ0v) is 16.2. The Bertz CT molecular complexity index is 801. The van der Waals surface area contributed by atoms with Crippen LogP contribution in [0.5, 0.6) is 0 Å². The number of nitriles is 1. The fourth-order valence-electron chi connectivity index (χ4n) is 2.96. The Morgan fingerprint density at radius 2 is 1.85 bits per heavy atom. The molecule has 0 aliphatic heterocycles. The molecule has 0 spiro atoms. The van der Waals surface area contributed by atoms with Crippen molar-refractivity contribution in [3.8, 4) is 17.2 Å². The van der Waals surface area contributed by atoms with E-state index in [0.29, 0.717) is 11.5 Å². The molecule has 2 rings (SSSR count). The van der Waals surface area contributed by atoms with Crippen molar-refractivity contribution in [2.75, 3.05) is 0 Å². The summed E-state index contributed by atoms with van der Waals surface area (Å²) < 4.78 is 0. The summed E-state index contributed by atoms with van der Waals surface area (Å²) in [6, 6.07) is 12.0. The van der Waals surface area contributed by atoms with Gasteiger partial charge in [-0.3, -0.25) is 9.78 Å². The van der Waals surface area contributed by atoms with Gasteiger partial charge in [0.15, 0.2) is 0 Å². The van der Waals surface area contributed by atoms with Crippen LogP contribution in [-0.2, 0) is 10.2 Å². The number of carbonyl (C=O) groups is 1. The topological polar surface area (TPSA) is 65.8 Å². The van der Waals surface area contributed by atoms with Crippen LogP contribution in [0.3, 0.4) is 0 Å². The van der Waals surface area contributed by atoms with Crippen molar-refractivity contribution in [2.24, 2.45) is 5.92 Å². The molecule has 0 aliphatic rings. The second-order valence-corrected chi connectivity index (χ2v) is 7.51. The lowest BCUT2D eigenvalue weighted by Crippen LogP contribution is -2.46. The van der Waals surface area contributed by atoms with Crippen LogP contribution >= 0.6 is 0 Å². The highest BCUT2D eigenvalue weighted by Crippen LogP contribution is 2.27. The minimum absolute atomic E-state index is 0.0407. The van der Waals surface area contributed by atoms with Gasteiger partial charge in [0.25, 0.3) is 0 Å². The zero-order valence-electron chi connectivity index (χ0n) is 16.2. The Morgan fingerprint density at radius 3 is 2.38 bits per heavy atom. The molecule has 1 unspecified atom stereocenters. The second-order valence-electron chi connectivity index (χ2n) is 7.51. The number of hydrogen-bond acceptors (Lipinski definition) is 3. The Morgan fingerprint density at radius 1 is 1.19 bits per heavy atom. The van der Waals surface area contributed by atoms with E-state index in [1.807, 2.05) is 44.2 Å². The monoisotopic (exact) mass is 349 g/mol. The van der Waals surface area contributed by atoms with Crippen LogP contribution < -0.4 is 5.32 Å². The van der Waals surface area contributed by atoms with E-state index in [2.05, 4.69) is 37.1 Å². The lowest BCUT2D eigenvalue weighted by molar-refractivity contribution is -0.126. The van der Waals surface area contributed by atoms with E-state index >= 15 is 0 Å². The van der Waals surface area contributed by atoms with Gasteiger partial charge in [0, 0.05) is 24.0 Å². The van der Waals surface area contributed by atoms with Gasteiger partial charge in [-0.05, 0) is 43.4 Å². The maximum Gasteiger partial charge on any atom is 0.230 e. The quantitative estimate of drug-likeness (QED) is 0.838. The smallest absolute Gasteiger partial charge is 0.230 e. The van der Waals surface area contributed by atoms with Gasteiger partial charge in [-0.15, -0.1) is 0 Å². The van der Waals surface area contributed by atoms with Gasteiger partial charge >= 0.3 is 0 Å². The zero-order chi connectivity index (χ0) is 19.3. The van der Waals surface area contributed by atoms with E-state index in [1.54, 1.807) is 12.4 Å². The SMILES string of the molecule is CCC(NC(=O)C(C)(C)c1ccc(-c2cncc(C#N)c2)cc1)C(C)C. The molecule has 2 aromatic rings. The first-order valence-corrected chi connectivity index (χ1v) is 9.06. The fourth-order valence-corrected chi connectivity index (χ4v) is 2.96. The van der Waals surface area contributed by atoms with Gasteiger partial charge in [-0.1, -0.05) is 45.0 Å². The summed E-state index contributed by atoms with van der Waals surface area (Å²) in [6.07, 6.45) is 4.20. The van der Waals surface area contributed by atoms with Gasteiger partial charge in [0.1, 0.15) is 6.07 Å². The number of nitrogens with zero attached hydrogens (tertiary/aromatic N) is 2. The van der Waals surface area contributed by atoms with Crippen molar-refractivity contribution in [3.63, 3.8) is 0 Å². The molecule has 1 N–H and O–H groups in total. The van der Waals surface area contributed by atoms with Crippen LogP contribution in [-0.4, -0.2) is 16.9 Å². The van der Waals surface area contributed by atoms with Gasteiger partial charge < -0.3 is 5.32 Å². The van der Waals surface area contributed by atoms with Crippen LogP contribution in [0.25, 0.3) is 11.1 Å². The predicted molar refractivity (Wildman–Crippen MR) is 104 cm³/mol. The lowest BCUT2D eigenvalue weighted by Gasteiger charge is -2.29. The number of benzene rings is 1. The number of hydrogen-bond donors (Lipinski definition) is 1. The molecular weight excluding hydrogens is 322 g/mol. The third-order valence-corrected chi connectivity index (χ3v) is 4.94. The molecule has 0 fully saturated rings. The van der Waals surface area contributed by atoms with Crippen molar-refractivity contribution in [3.05, 3.63) is 53.9 Å². The molecule has 136 valence electrons. The molecule has 4 heteroatoms. The van der Waals surface area contributed by atoms with Crippen molar-refractivity contribution in [1.29, 1.82) is 5.26 Å². The maximum absolute atomic E-state index is 12.8. The normalized spacial score (nSPS) is 12.5. The summed E-state index contributed by atoms with van der Waals surface area (Å²) in [7, 11) is 0. The van der Waals surface area contributed by atoms with Crippen LogP contribution in [0.4, 0.5) is 0 Å². The van der Waals surface area contributed by atoms with E-state index in [9.17, 15) is 4.79 Å². The molecule has 1 aromatic heterocycles. The summed E-state index contributed by atoms with van der Waals surface area (Å²) in [5, 5.41) is 12.2. The summed E-state index contributed by atoms with van der Waals surface area (Å²) in [5.41, 5.74) is 2.74. The molecule has 1 atom stereocenters. The lowest BCUT2D eigenvalue weighted by atomic mass is 9.82. The van der Waals surface area contributed by atoms with E-state index in [1.165, 1.54) is 0 Å². The number of nitrogens with one attached hydrogen (secondary N) is 1. The highest BCUT2D eigenvalue weighted by molar-refractivity contribution is 5.87. The summed E-state index contributed by atoms with van der Waals surface area (Å²) >= 11 is 0. The molecule has 1 amide bonds. The highest BCUT2D eigenvalue weighted by atomic mass is 16.2. The first-order valence-electron chi connectivity index (χ1n) is 9.06. The number of pyridine rings is 1. The number of rotatable bonds is 6. The van der Waals surface area contributed by atoms with Crippen molar-refractivity contribution in [1.82, 2.24) is 10.3 Å². The molecule has 0 aliphatic carbocycles. The van der Waals surface area contributed by atoms with Gasteiger partial charge in [-0.25, -0.2) is 0 Å². The van der Waals surface area contributed by atoms with Gasteiger partial charge in [0.05, 0.1) is 11.0 Å². The summed E-state index contributed by atoms with van der Waals surface area (Å²) in [6.45, 7) is 10.2. The van der Waals surface area contributed by atoms with Crippen molar-refractivity contribution >= 4 is 5.91 Å². The van der Waals surface area contributed by atoms with Crippen molar-refractivity contribution < 1.29 is 4.79 Å². The van der Waals surface area contributed by atoms with Crippen LogP contribution in [0.2, 0.25) is 0 Å². The maximum atomic E-state index is 12.8. The minimum atomic E-state index is -0.617. The molecule has 26 heavy (non-hydrogen) atoms. The van der Waals surface area contributed by atoms with E-state index in [-0.39, 0.29) is 11.9 Å². The molecule has 1 heterocycles. The van der Waals surface area contributed by atoms with E-state index in [0.717, 1.165) is 23.1 Å². The van der Waals surface area contributed by atoms with Crippen molar-refractivity contribution in [2.45, 2.75) is 52.5 Å². The molecule has 0 radical (unpaired) electrons. The third-order valence-electron chi connectivity index (χ3n) is 4.94. The third kappa shape index (κ3) is 4.29. The number of aromatic nitrogens is 1. The Kier molecular flexibility index (Phi) is 6.15. The van der Waals surface area contributed by atoms with E-state index in [4.69, 9.17) is 5.26 Å². The molecular formula is C22H27N3O. The Balaban J connectivity index is 2.23. The first kappa shape index (κ1) is 19.7. The first-order chi connectivity index (χ1) is 12.3. The van der Waals surface area contributed by atoms with Crippen LogP contribution in [0.1, 0.15) is 52.2 Å². The highest BCUT2D eigenvalue weighted by Gasteiger charge is 2.31. The molecule has 0 bridgehead atoms. The predicted octanol–water partition coefficient (Wildman–Crippen LogP) is 4.45. The standard InChI is InChI=1S/C22H27N3O/c1-6-20(15(2)3)25-21(26)22(4,5)19-9-7-17(8-10-19)18-11-16(12-23)13-24-14-18/h7-11,13-15,20H,6H2,1-5H3,(H,25,26). The largest absolute Gasteiger partial charge is 0.352 e. The summed E-state index contributed by atoms with van der Waals surface area (Å²) in [4.78, 5) is 16.9. The fraction of sp³-hybridized carbons (Fsp3) is 0.409. The average Bonchev–Trinajstić information content (AvgIpc) is 2.65. The van der Waals surface area contributed by atoms with E-state index < -0.39 is 5.41 Å². The van der Waals surface area contributed by atoms with Crippen LogP contribution in [0.15, 0.2) is 42.7 Å². The number of amides is 1. The number of carbonyl (C=O) groups excluding carboxylic acids is 1. The molecule has 0 saturated carbocycles. The Hall–Kier alpha value is -2.67. The second kappa shape index (κ2) is 8.14. The average molecular weight is 349 g/mol. The van der Waals surface area contributed by atoms with Gasteiger partial charge in [-0.2, -0.15) is 5.26 Å². The summed E-state index contributed by atoms with van der Waals surface area (Å²) in [5.74, 6) is 0.445. The minimum Gasteiger partial charge on any atom is -0.352 e.